The Morgan fingerprint density at radius 2 is 1.87 bits per heavy atom. The molecule has 0 aliphatic carbocycles. The fourth-order valence-corrected chi connectivity index (χ4v) is 3.18. The van der Waals surface area contributed by atoms with Gasteiger partial charge < -0.3 is 14.1 Å². The number of aromatic amines is 1. The molecule has 0 amide bonds. The van der Waals surface area contributed by atoms with Gasteiger partial charge in [0.2, 0.25) is 17.6 Å². The number of para-hydroxylation sites is 1. The van der Waals surface area contributed by atoms with E-state index in [0.29, 0.717) is 17.3 Å². The van der Waals surface area contributed by atoms with Crippen LogP contribution in [0.2, 0.25) is 0 Å². The number of fused-ring (bicyclic) bond motifs is 1. The second-order valence-corrected chi connectivity index (χ2v) is 7.11. The summed E-state index contributed by atoms with van der Waals surface area (Å²) in [5, 5.41) is 8.81. The molecule has 0 saturated carbocycles. The fourth-order valence-electron chi connectivity index (χ4n) is 3.18. The number of hydrogen-bond acceptors (Lipinski definition) is 6. The molecule has 152 valence electrons. The first-order valence-corrected chi connectivity index (χ1v) is 9.70. The van der Waals surface area contributed by atoms with Crippen molar-refractivity contribution in [3.05, 3.63) is 71.7 Å². The van der Waals surface area contributed by atoms with E-state index in [9.17, 15) is 9.59 Å². The Hall–Kier alpha value is -3.74. The molecule has 0 bridgehead atoms. The predicted octanol–water partition coefficient (Wildman–Crippen LogP) is 4.27. The summed E-state index contributed by atoms with van der Waals surface area (Å²) in [7, 11) is 0. The number of nitrogens with zero attached hydrogens (tertiary/aromatic N) is 2. The van der Waals surface area contributed by atoms with Crippen LogP contribution in [0.4, 0.5) is 0 Å². The molecule has 1 atom stereocenters. The van der Waals surface area contributed by atoms with Crippen molar-refractivity contribution in [2.24, 2.45) is 0 Å². The van der Waals surface area contributed by atoms with Gasteiger partial charge in [0.05, 0.1) is 6.42 Å². The number of carbonyl (C=O) groups excluding carboxylic acids is 2. The number of benzene rings is 2. The maximum Gasteiger partial charge on any atom is 0.307 e. The number of nitrogens with one attached hydrogen (secondary N) is 1. The number of H-pyrrole nitrogens is 1. The maximum absolute atomic E-state index is 12.7. The van der Waals surface area contributed by atoms with E-state index in [0.717, 1.165) is 22.0 Å². The van der Waals surface area contributed by atoms with Crippen LogP contribution in [0.3, 0.4) is 0 Å². The molecule has 2 aromatic carbocycles. The van der Waals surface area contributed by atoms with Gasteiger partial charge in [0.25, 0.3) is 0 Å². The molecule has 7 nitrogen and oxygen atoms in total. The Bertz CT molecular complexity index is 1190. The molecule has 4 rings (SSSR count). The van der Waals surface area contributed by atoms with Crippen molar-refractivity contribution in [1.82, 2.24) is 15.2 Å². The topological polar surface area (TPSA) is 98.1 Å². The molecular weight excluding hydrogens is 382 g/mol. The molecular formula is C23H21N3O4. The van der Waals surface area contributed by atoms with E-state index in [1.54, 1.807) is 13.1 Å². The monoisotopic (exact) mass is 403 g/mol. The number of ether oxygens (including phenoxy) is 1. The molecule has 1 unspecified atom stereocenters. The number of Topliss-reactive ketones (excluding diaryl/α,β-unsaturated/α-hetero) is 1. The highest BCUT2D eigenvalue weighted by molar-refractivity contribution is 6.10. The Labute approximate surface area is 173 Å². The summed E-state index contributed by atoms with van der Waals surface area (Å²) in [6.45, 7) is 3.57. The summed E-state index contributed by atoms with van der Waals surface area (Å²) < 4.78 is 10.9. The van der Waals surface area contributed by atoms with E-state index < -0.39 is 12.1 Å². The smallest absolute Gasteiger partial charge is 0.307 e. The first kappa shape index (κ1) is 19.6. The highest BCUT2D eigenvalue weighted by Crippen LogP contribution is 2.21. The van der Waals surface area contributed by atoms with Gasteiger partial charge in [-0.1, -0.05) is 35.9 Å². The lowest BCUT2D eigenvalue weighted by atomic mass is 10.1. The van der Waals surface area contributed by atoms with Gasteiger partial charge in [0, 0.05) is 34.6 Å². The van der Waals surface area contributed by atoms with Crippen molar-refractivity contribution < 1.29 is 18.7 Å². The van der Waals surface area contributed by atoms with Crippen LogP contribution < -0.4 is 0 Å². The third-order valence-electron chi connectivity index (χ3n) is 4.84. The van der Waals surface area contributed by atoms with Crippen LogP contribution in [0, 0.1) is 6.92 Å². The van der Waals surface area contributed by atoms with Crippen LogP contribution in [-0.2, 0) is 16.0 Å². The summed E-state index contributed by atoms with van der Waals surface area (Å²) in [4.78, 5) is 27.9. The van der Waals surface area contributed by atoms with Gasteiger partial charge in [-0.15, -0.1) is 10.2 Å². The van der Waals surface area contributed by atoms with Crippen LogP contribution >= 0.6 is 0 Å². The minimum absolute atomic E-state index is 0.0427. The molecule has 2 aromatic heterocycles. The lowest BCUT2D eigenvalue weighted by molar-refractivity contribution is -0.146. The molecule has 1 N–H and O–H groups in total. The van der Waals surface area contributed by atoms with E-state index >= 15 is 0 Å². The third kappa shape index (κ3) is 4.15. The number of rotatable bonds is 7. The van der Waals surface area contributed by atoms with Gasteiger partial charge in [-0.3, -0.25) is 9.59 Å². The van der Waals surface area contributed by atoms with Crippen molar-refractivity contribution in [2.45, 2.75) is 32.8 Å². The van der Waals surface area contributed by atoms with Crippen LogP contribution in [0.5, 0.6) is 0 Å². The quantitative estimate of drug-likeness (QED) is 0.365. The number of carbonyl (C=O) groups is 2. The van der Waals surface area contributed by atoms with Gasteiger partial charge in [-0.05, 0) is 32.0 Å². The molecule has 30 heavy (non-hydrogen) atoms. The summed E-state index contributed by atoms with van der Waals surface area (Å²) >= 11 is 0. The van der Waals surface area contributed by atoms with Gasteiger partial charge >= 0.3 is 5.97 Å². The molecule has 0 radical (unpaired) electrons. The molecule has 0 saturated heterocycles. The maximum atomic E-state index is 12.7. The normalized spacial score (nSPS) is 12.1. The molecule has 0 aliphatic heterocycles. The summed E-state index contributed by atoms with van der Waals surface area (Å²) in [6, 6.07) is 15.2. The van der Waals surface area contributed by atoms with E-state index in [4.69, 9.17) is 9.15 Å². The summed E-state index contributed by atoms with van der Waals surface area (Å²) in [5.41, 5.74) is 3.32. The number of aryl methyl sites for hydroxylation is 2. The Kier molecular flexibility index (Phi) is 5.43. The molecule has 2 heterocycles. The molecule has 0 fully saturated rings. The van der Waals surface area contributed by atoms with Crippen LogP contribution in [0.15, 0.2) is 59.1 Å². The SMILES string of the molecule is Cc1ccc(-c2nnc(CCC(=O)OC(C)C(=O)c3c[nH]c4ccccc34)o2)cc1. The number of aromatic nitrogens is 3. The minimum atomic E-state index is -0.887. The highest BCUT2D eigenvalue weighted by atomic mass is 16.5. The zero-order valence-corrected chi connectivity index (χ0v) is 16.7. The van der Waals surface area contributed by atoms with Crippen molar-refractivity contribution in [1.29, 1.82) is 0 Å². The predicted molar refractivity (Wildman–Crippen MR) is 111 cm³/mol. The van der Waals surface area contributed by atoms with Crippen molar-refractivity contribution in [3.63, 3.8) is 0 Å². The van der Waals surface area contributed by atoms with E-state index in [1.807, 2.05) is 55.5 Å². The standard InChI is InChI=1S/C23H21N3O4/c1-14-7-9-16(10-8-14)23-26-25-20(30-23)11-12-21(27)29-15(2)22(28)18-13-24-19-6-4-3-5-17(18)19/h3-10,13,15,24H,11-12H2,1-2H3. The second-order valence-electron chi connectivity index (χ2n) is 7.11. The van der Waals surface area contributed by atoms with Gasteiger partial charge in [-0.2, -0.15) is 0 Å². The van der Waals surface area contributed by atoms with Gasteiger partial charge in [0.15, 0.2) is 6.10 Å². The number of hydrogen-bond donors (Lipinski definition) is 1. The summed E-state index contributed by atoms with van der Waals surface area (Å²) in [5.74, 6) is 0.00501. The van der Waals surface area contributed by atoms with Crippen molar-refractivity contribution >= 4 is 22.7 Å². The van der Waals surface area contributed by atoms with Crippen LogP contribution in [0.1, 0.15) is 35.2 Å². The van der Waals surface area contributed by atoms with E-state index in [2.05, 4.69) is 15.2 Å². The lowest BCUT2D eigenvalue weighted by Gasteiger charge is -2.11. The highest BCUT2D eigenvalue weighted by Gasteiger charge is 2.22. The van der Waals surface area contributed by atoms with Crippen molar-refractivity contribution in [3.8, 4) is 11.5 Å². The average molecular weight is 403 g/mol. The molecule has 4 aromatic rings. The van der Waals surface area contributed by atoms with Crippen molar-refractivity contribution in [2.75, 3.05) is 0 Å². The Balaban J connectivity index is 1.33. The third-order valence-corrected chi connectivity index (χ3v) is 4.84. The molecule has 7 heteroatoms. The Morgan fingerprint density at radius 1 is 1.10 bits per heavy atom. The molecule has 0 spiro atoms. The van der Waals surface area contributed by atoms with Gasteiger partial charge in [-0.25, -0.2) is 0 Å². The van der Waals surface area contributed by atoms with Crippen LogP contribution in [-0.4, -0.2) is 33.0 Å². The zero-order valence-electron chi connectivity index (χ0n) is 16.7. The Morgan fingerprint density at radius 3 is 2.67 bits per heavy atom. The van der Waals surface area contributed by atoms with E-state index in [-0.39, 0.29) is 18.6 Å². The minimum Gasteiger partial charge on any atom is -0.454 e. The first-order chi connectivity index (χ1) is 14.5. The second kappa shape index (κ2) is 8.32. The fraction of sp³-hybridized carbons (Fsp3) is 0.217. The van der Waals surface area contributed by atoms with E-state index in [1.165, 1.54) is 0 Å². The number of esters is 1. The van der Waals surface area contributed by atoms with Gasteiger partial charge in [0.1, 0.15) is 0 Å². The number of ketones is 1. The first-order valence-electron chi connectivity index (χ1n) is 9.70. The zero-order chi connectivity index (χ0) is 21.1. The lowest BCUT2D eigenvalue weighted by Crippen LogP contribution is -2.24. The average Bonchev–Trinajstić information content (AvgIpc) is 3.39. The summed E-state index contributed by atoms with van der Waals surface area (Å²) in [6.07, 6.45) is 1.04. The molecule has 0 aliphatic rings. The largest absolute Gasteiger partial charge is 0.454 e. The van der Waals surface area contributed by atoms with Crippen LogP contribution in [0.25, 0.3) is 22.4 Å².